The Kier molecular flexibility index (Phi) is 6.38. The molecule has 0 fully saturated rings. The normalized spacial score (nSPS) is 16.2. The molecule has 1 aliphatic heterocycles. The van der Waals surface area contributed by atoms with Crippen LogP contribution in [-0.4, -0.2) is 12.6 Å². The second-order valence-corrected chi connectivity index (χ2v) is 7.03. The highest BCUT2D eigenvalue weighted by atomic mass is 35.5. The maximum Gasteiger partial charge on any atom is 0.338 e. The fourth-order valence-electron chi connectivity index (χ4n) is 3.13. The Morgan fingerprint density at radius 1 is 1.30 bits per heavy atom. The van der Waals surface area contributed by atoms with Gasteiger partial charge in [-0.15, -0.1) is 0 Å². The van der Waals surface area contributed by atoms with Crippen molar-refractivity contribution in [1.82, 2.24) is 0 Å². The first kappa shape index (κ1) is 21.3. The average molecular weight is 429 g/mol. The molecule has 1 atom stereocenters. The van der Waals surface area contributed by atoms with Crippen LogP contribution in [-0.2, 0) is 20.9 Å². The van der Waals surface area contributed by atoms with Gasteiger partial charge in [0.05, 0.1) is 18.1 Å². The van der Waals surface area contributed by atoms with Crippen molar-refractivity contribution in [3.63, 3.8) is 0 Å². The fraction of sp³-hybridized carbons (Fsp3) is 0.273. The van der Waals surface area contributed by atoms with E-state index in [2.05, 4.69) is 0 Å². The molecular weight excluding hydrogens is 408 g/mol. The number of ether oxygens (including phenoxy) is 3. The van der Waals surface area contributed by atoms with Gasteiger partial charge < -0.3 is 24.4 Å². The van der Waals surface area contributed by atoms with Crippen LogP contribution in [0.2, 0.25) is 5.02 Å². The Balaban J connectivity index is 1.87. The third kappa shape index (κ3) is 4.29. The number of halogens is 1. The number of benzene rings is 1. The van der Waals surface area contributed by atoms with Gasteiger partial charge >= 0.3 is 5.97 Å². The van der Waals surface area contributed by atoms with Crippen LogP contribution in [0.25, 0.3) is 0 Å². The Morgan fingerprint density at radius 3 is 2.73 bits per heavy atom. The molecule has 156 valence electrons. The van der Waals surface area contributed by atoms with E-state index >= 15 is 0 Å². The molecule has 0 spiro atoms. The third-order valence-electron chi connectivity index (χ3n) is 4.58. The second-order valence-electron chi connectivity index (χ2n) is 6.62. The van der Waals surface area contributed by atoms with Crippen LogP contribution in [0.5, 0.6) is 5.75 Å². The van der Waals surface area contributed by atoms with E-state index in [0.717, 1.165) is 5.56 Å². The fourth-order valence-corrected chi connectivity index (χ4v) is 3.25. The van der Waals surface area contributed by atoms with E-state index < -0.39 is 11.9 Å². The first-order valence-electron chi connectivity index (χ1n) is 9.28. The lowest BCUT2D eigenvalue weighted by molar-refractivity contribution is -0.139. The van der Waals surface area contributed by atoms with Crippen LogP contribution in [0.1, 0.15) is 36.8 Å². The number of hydrogen-bond donors (Lipinski definition) is 1. The predicted molar refractivity (Wildman–Crippen MR) is 109 cm³/mol. The maximum absolute atomic E-state index is 12.5. The molecule has 0 bridgehead atoms. The summed E-state index contributed by atoms with van der Waals surface area (Å²) in [5, 5.41) is 10.3. The predicted octanol–water partition coefficient (Wildman–Crippen LogP) is 4.47. The van der Waals surface area contributed by atoms with Crippen molar-refractivity contribution in [2.24, 2.45) is 5.73 Å². The Bertz CT molecular complexity index is 1080. The number of allylic oxidation sites excluding steroid dienone is 2. The van der Waals surface area contributed by atoms with Crippen molar-refractivity contribution >= 4 is 17.6 Å². The number of carbonyl (C=O) groups excluding carboxylic acids is 1. The number of nitrogens with zero attached hydrogens (tertiary/aromatic N) is 1. The van der Waals surface area contributed by atoms with Crippen LogP contribution < -0.4 is 10.5 Å². The molecule has 0 saturated carbocycles. The van der Waals surface area contributed by atoms with Gasteiger partial charge in [-0.05, 0) is 56.7 Å². The van der Waals surface area contributed by atoms with Crippen molar-refractivity contribution in [1.29, 1.82) is 5.26 Å². The Morgan fingerprint density at radius 2 is 2.07 bits per heavy atom. The lowest BCUT2D eigenvalue weighted by Gasteiger charge is -2.25. The zero-order chi connectivity index (χ0) is 21.8. The third-order valence-corrected chi connectivity index (χ3v) is 5.00. The van der Waals surface area contributed by atoms with E-state index in [9.17, 15) is 10.1 Å². The summed E-state index contributed by atoms with van der Waals surface area (Å²) in [6.07, 6.45) is 0. The minimum atomic E-state index is -0.825. The molecule has 0 unspecified atom stereocenters. The number of esters is 1. The molecular formula is C22H21ClN2O5. The zero-order valence-electron chi connectivity index (χ0n) is 16.8. The number of nitrogens with two attached hydrogens (primary N) is 1. The number of furan rings is 1. The van der Waals surface area contributed by atoms with E-state index in [-0.39, 0.29) is 36.0 Å². The van der Waals surface area contributed by atoms with Crippen molar-refractivity contribution in [3.8, 4) is 11.8 Å². The molecule has 2 aromatic rings. The van der Waals surface area contributed by atoms with Crippen molar-refractivity contribution in [2.45, 2.75) is 33.3 Å². The summed E-state index contributed by atoms with van der Waals surface area (Å²) in [6, 6.07) is 10.8. The van der Waals surface area contributed by atoms with Gasteiger partial charge in [-0.1, -0.05) is 11.6 Å². The van der Waals surface area contributed by atoms with Crippen LogP contribution in [0.3, 0.4) is 0 Å². The van der Waals surface area contributed by atoms with Gasteiger partial charge in [0, 0.05) is 5.02 Å². The number of hydrogen-bond acceptors (Lipinski definition) is 7. The molecule has 7 nitrogen and oxygen atoms in total. The molecule has 0 radical (unpaired) electrons. The lowest BCUT2D eigenvalue weighted by Crippen LogP contribution is -2.25. The van der Waals surface area contributed by atoms with Gasteiger partial charge in [-0.2, -0.15) is 5.26 Å². The van der Waals surface area contributed by atoms with Crippen LogP contribution in [0.4, 0.5) is 0 Å². The van der Waals surface area contributed by atoms with Gasteiger partial charge in [0.2, 0.25) is 5.88 Å². The SMILES string of the molecule is CCOC(=O)C1=C(C)OC(N)=C(C#N)[C@@H]1c1ccc(COc2ccc(Cl)c(C)c2)o1. The maximum atomic E-state index is 12.5. The molecule has 0 amide bonds. The molecule has 30 heavy (non-hydrogen) atoms. The Labute approximate surface area is 179 Å². The topological polar surface area (TPSA) is 108 Å². The number of aryl methyl sites for hydroxylation is 1. The molecule has 3 rings (SSSR count). The van der Waals surface area contributed by atoms with E-state index in [4.69, 9.17) is 36.0 Å². The van der Waals surface area contributed by atoms with Gasteiger partial charge in [0.25, 0.3) is 0 Å². The zero-order valence-corrected chi connectivity index (χ0v) is 17.6. The summed E-state index contributed by atoms with van der Waals surface area (Å²) < 4.78 is 22.2. The van der Waals surface area contributed by atoms with Crippen molar-refractivity contribution < 1.29 is 23.4 Å². The van der Waals surface area contributed by atoms with Crippen LogP contribution in [0.15, 0.2) is 57.5 Å². The second kappa shape index (κ2) is 8.97. The van der Waals surface area contributed by atoms with E-state index in [1.54, 1.807) is 38.1 Å². The minimum absolute atomic E-state index is 0.0705. The number of rotatable bonds is 6. The monoisotopic (exact) mass is 428 g/mol. The van der Waals surface area contributed by atoms with Crippen LogP contribution in [0, 0.1) is 18.3 Å². The summed E-state index contributed by atoms with van der Waals surface area (Å²) in [6.45, 7) is 5.51. The highest BCUT2D eigenvalue weighted by molar-refractivity contribution is 6.31. The minimum Gasteiger partial charge on any atom is -0.486 e. The first-order valence-corrected chi connectivity index (χ1v) is 9.66. The number of nitriles is 1. The molecule has 1 aromatic heterocycles. The Hall–Kier alpha value is -3.37. The summed E-state index contributed by atoms with van der Waals surface area (Å²) in [5.41, 5.74) is 7.04. The van der Waals surface area contributed by atoms with E-state index in [0.29, 0.717) is 22.3 Å². The quantitative estimate of drug-likeness (QED) is 0.676. The highest BCUT2D eigenvalue weighted by Gasteiger charge is 2.38. The van der Waals surface area contributed by atoms with E-state index in [1.165, 1.54) is 0 Å². The summed E-state index contributed by atoms with van der Waals surface area (Å²) in [7, 11) is 0. The molecule has 2 heterocycles. The van der Waals surface area contributed by atoms with E-state index in [1.807, 2.05) is 19.1 Å². The van der Waals surface area contributed by atoms with Gasteiger partial charge in [-0.3, -0.25) is 0 Å². The largest absolute Gasteiger partial charge is 0.486 e. The summed E-state index contributed by atoms with van der Waals surface area (Å²) in [5.74, 6) is 0.303. The molecule has 8 heteroatoms. The highest BCUT2D eigenvalue weighted by Crippen LogP contribution is 2.40. The average Bonchev–Trinajstić information content (AvgIpc) is 3.17. The van der Waals surface area contributed by atoms with Crippen LogP contribution >= 0.6 is 11.6 Å². The lowest BCUT2D eigenvalue weighted by atomic mass is 9.87. The molecule has 2 N–H and O–H groups in total. The van der Waals surface area contributed by atoms with Crippen molar-refractivity contribution in [3.05, 3.63) is 75.2 Å². The first-order chi connectivity index (χ1) is 14.3. The van der Waals surface area contributed by atoms with Gasteiger partial charge in [0.15, 0.2) is 0 Å². The molecule has 1 aliphatic rings. The number of carbonyl (C=O) groups is 1. The molecule has 0 aliphatic carbocycles. The summed E-state index contributed by atoms with van der Waals surface area (Å²) in [4.78, 5) is 12.5. The van der Waals surface area contributed by atoms with Crippen molar-refractivity contribution in [2.75, 3.05) is 6.61 Å². The molecule has 1 aromatic carbocycles. The van der Waals surface area contributed by atoms with Gasteiger partial charge in [-0.25, -0.2) is 4.79 Å². The smallest absolute Gasteiger partial charge is 0.338 e. The standard InChI is InChI=1S/C22H21ClN2O5/c1-4-27-22(26)19-13(3)29-21(25)16(10-24)20(19)18-8-6-15(30-18)11-28-14-5-7-17(23)12(2)9-14/h5-9,20H,4,11,25H2,1-3H3/t20-/m1/s1. The van der Waals surface area contributed by atoms with Gasteiger partial charge in [0.1, 0.15) is 41.3 Å². The molecule has 0 saturated heterocycles. The summed E-state index contributed by atoms with van der Waals surface area (Å²) >= 11 is 6.03.